The largest absolute Gasteiger partial charge is 0.497 e. The lowest BCUT2D eigenvalue weighted by Gasteiger charge is -2.29. The highest BCUT2D eigenvalue weighted by molar-refractivity contribution is 6.47. The predicted octanol–water partition coefficient (Wildman–Crippen LogP) is 4.04. The van der Waals surface area contributed by atoms with Gasteiger partial charge in [0, 0.05) is 0 Å². The minimum absolute atomic E-state index is 0.0490. The number of benzene rings is 1. The van der Waals surface area contributed by atoms with Gasteiger partial charge in [0.25, 0.3) is 0 Å². The molecule has 0 bridgehead atoms. The van der Waals surface area contributed by atoms with Crippen molar-refractivity contribution in [1.29, 1.82) is 0 Å². The first-order valence-electron chi connectivity index (χ1n) is 6.25. The van der Waals surface area contributed by atoms with Crippen molar-refractivity contribution in [2.75, 3.05) is 7.11 Å². The van der Waals surface area contributed by atoms with Crippen LogP contribution in [0.4, 0.5) is 0 Å². The second-order valence-electron chi connectivity index (χ2n) is 4.51. The molecule has 0 fully saturated rings. The lowest BCUT2D eigenvalue weighted by atomic mass is 9.76. The first-order chi connectivity index (χ1) is 8.69. The molecule has 2 nitrogen and oxygen atoms in total. The molecule has 0 heterocycles. The lowest BCUT2D eigenvalue weighted by molar-refractivity contribution is -0.117. The summed E-state index contributed by atoms with van der Waals surface area (Å²) < 4.78 is 5.12. The molecule has 1 atom stereocenters. The fourth-order valence-corrected chi connectivity index (χ4v) is 2.58. The van der Waals surface area contributed by atoms with Gasteiger partial charge in [0.1, 0.15) is 5.75 Å². The number of rotatable bonds is 5. The molecule has 0 aliphatic heterocycles. The highest BCUT2D eigenvalue weighted by atomic mass is 35.5. The van der Waals surface area contributed by atoms with Gasteiger partial charge in [0.2, 0.25) is 0 Å². The van der Waals surface area contributed by atoms with Crippen molar-refractivity contribution in [3.63, 3.8) is 0 Å². The molecular formula is C15H17ClO2. The Balaban J connectivity index is 2.19. The molecule has 18 heavy (non-hydrogen) atoms. The van der Waals surface area contributed by atoms with E-state index < -0.39 is 0 Å². The van der Waals surface area contributed by atoms with Gasteiger partial charge in [0.05, 0.1) is 18.1 Å². The van der Waals surface area contributed by atoms with E-state index >= 15 is 0 Å². The maximum Gasteiger partial charge on any atom is 0.185 e. The normalized spacial score (nSPS) is 18.8. The fourth-order valence-electron chi connectivity index (χ4n) is 2.26. The zero-order chi connectivity index (χ0) is 13.1. The molecule has 0 saturated heterocycles. The number of carbonyl (C=O) groups is 1. The van der Waals surface area contributed by atoms with Crippen LogP contribution in [-0.4, -0.2) is 12.9 Å². The SMILES string of the molecule is CCCCC1=C(Cl)C(=O)C1c1ccc(OC)cc1. The summed E-state index contributed by atoms with van der Waals surface area (Å²) in [6.45, 7) is 2.14. The lowest BCUT2D eigenvalue weighted by Crippen LogP contribution is -2.26. The van der Waals surface area contributed by atoms with Crippen LogP contribution in [0.3, 0.4) is 0 Å². The van der Waals surface area contributed by atoms with Crippen LogP contribution >= 0.6 is 11.6 Å². The summed E-state index contributed by atoms with van der Waals surface area (Å²) >= 11 is 6.01. The minimum atomic E-state index is -0.130. The average molecular weight is 265 g/mol. The number of ether oxygens (including phenoxy) is 1. The summed E-state index contributed by atoms with van der Waals surface area (Å²) in [4.78, 5) is 11.9. The molecule has 2 rings (SSSR count). The van der Waals surface area contributed by atoms with Gasteiger partial charge in [-0.3, -0.25) is 4.79 Å². The Morgan fingerprint density at radius 2 is 1.94 bits per heavy atom. The molecule has 1 aromatic rings. The second-order valence-corrected chi connectivity index (χ2v) is 4.89. The number of hydrogen-bond acceptors (Lipinski definition) is 2. The zero-order valence-corrected chi connectivity index (χ0v) is 11.5. The van der Waals surface area contributed by atoms with Crippen LogP contribution in [0.5, 0.6) is 5.75 Å². The molecule has 0 N–H and O–H groups in total. The van der Waals surface area contributed by atoms with E-state index in [0.717, 1.165) is 36.1 Å². The van der Waals surface area contributed by atoms with E-state index in [2.05, 4.69) is 6.92 Å². The first-order valence-corrected chi connectivity index (χ1v) is 6.63. The van der Waals surface area contributed by atoms with Gasteiger partial charge in [0.15, 0.2) is 5.78 Å². The summed E-state index contributed by atoms with van der Waals surface area (Å²) in [5.41, 5.74) is 2.10. The highest BCUT2D eigenvalue weighted by Crippen LogP contribution is 2.43. The Kier molecular flexibility index (Phi) is 4.07. The Morgan fingerprint density at radius 1 is 1.28 bits per heavy atom. The molecular weight excluding hydrogens is 248 g/mol. The summed E-state index contributed by atoms with van der Waals surface area (Å²) in [6.07, 6.45) is 3.10. The van der Waals surface area contributed by atoms with Crippen molar-refractivity contribution < 1.29 is 9.53 Å². The summed E-state index contributed by atoms with van der Waals surface area (Å²) in [6, 6.07) is 7.64. The van der Waals surface area contributed by atoms with Gasteiger partial charge in [-0.1, -0.05) is 37.1 Å². The topological polar surface area (TPSA) is 26.3 Å². The minimum Gasteiger partial charge on any atom is -0.497 e. The average Bonchev–Trinajstić information content (AvgIpc) is 2.42. The third-order valence-electron chi connectivity index (χ3n) is 3.36. The Bertz CT molecular complexity index is 474. The van der Waals surface area contributed by atoms with Crippen LogP contribution in [0.25, 0.3) is 0 Å². The first kappa shape index (κ1) is 13.2. The molecule has 3 heteroatoms. The Labute approximate surface area is 113 Å². The maximum absolute atomic E-state index is 11.9. The molecule has 0 radical (unpaired) electrons. The summed E-state index contributed by atoms with van der Waals surface area (Å²) in [7, 11) is 1.63. The smallest absolute Gasteiger partial charge is 0.185 e. The van der Waals surface area contributed by atoms with Crippen molar-refractivity contribution in [3.05, 3.63) is 40.4 Å². The van der Waals surface area contributed by atoms with Crippen molar-refractivity contribution >= 4 is 17.4 Å². The van der Waals surface area contributed by atoms with Crippen molar-refractivity contribution in [3.8, 4) is 5.75 Å². The number of Topliss-reactive ketones (excluding diaryl/α,β-unsaturated/α-hetero) is 1. The van der Waals surface area contributed by atoms with E-state index in [1.54, 1.807) is 7.11 Å². The predicted molar refractivity (Wildman–Crippen MR) is 73.1 cm³/mol. The fraction of sp³-hybridized carbons (Fsp3) is 0.400. The van der Waals surface area contributed by atoms with Gasteiger partial charge in [-0.15, -0.1) is 0 Å². The van der Waals surface area contributed by atoms with Crippen molar-refractivity contribution in [2.45, 2.75) is 32.1 Å². The van der Waals surface area contributed by atoms with Gasteiger partial charge < -0.3 is 4.74 Å². The second kappa shape index (κ2) is 5.57. The van der Waals surface area contributed by atoms with E-state index in [1.165, 1.54) is 0 Å². The quantitative estimate of drug-likeness (QED) is 0.802. The molecule has 0 amide bonds. The molecule has 0 aromatic heterocycles. The van der Waals surface area contributed by atoms with Crippen LogP contribution in [0.15, 0.2) is 34.9 Å². The van der Waals surface area contributed by atoms with Gasteiger partial charge in [-0.2, -0.15) is 0 Å². The van der Waals surface area contributed by atoms with Crippen LogP contribution in [-0.2, 0) is 4.79 Å². The number of ketones is 1. The zero-order valence-electron chi connectivity index (χ0n) is 10.7. The maximum atomic E-state index is 11.9. The van der Waals surface area contributed by atoms with Crippen molar-refractivity contribution in [1.82, 2.24) is 0 Å². The molecule has 1 aromatic carbocycles. The molecule has 1 aliphatic rings. The van der Waals surface area contributed by atoms with E-state index in [-0.39, 0.29) is 11.7 Å². The van der Waals surface area contributed by atoms with Crippen LogP contribution < -0.4 is 4.74 Å². The number of carbonyl (C=O) groups excluding carboxylic acids is 1. The van der Waals surface area contributed by atoms with Crippen molar-refractivity contribution in [2.24, 2.45) is 0 Å². The third-order valence-corrected chi connectivity index (χ3v) is 3.79. The number of hydrogen-bond donors (Lipinski definition) is 0. The molecule has 0 spiro atoms. The highest BCUT2D eigenvalue weighted by Gasteiger charge is 2.38. The number of allylic oxidation sites excluding steroid dienone is 2. The molecule has 1 aliphatic carbocycles. The van der Waals surface area contributed by atoms with E-state index in [4.69, 9.17) is 16.3 Å². The molecule has 96 valence electrons. The molecule has 0 saturated carbocycles. The van der Waals surface area contributed by atoms with Gasteiger partial charge in [-0.25, -0.2) is 0 Å². The van der Waals surface area contributed by atoms with Crippen LogP contribution in [0.1, 0.15) is 37.7 Å². The Hall–Kier alpha value is -1.28. The van der Waals surface area contributed by atoms with E-state index in [9.17, 15) is 4.79 Å². The van der Waals surface area contributed by atoms with Gasteiger partial charge in [-0.05, 0) is 36.1 Å². The van der Waals surface area contributed by atoms with E-state index in [0.29, 0.717) is 5.03 Å². The summed E-state index contributed by atoms with van der Waals surface area (Å²) in [5.74, 6) is 0.721. The Morgan fingerprint density at radius 3 is 2.50 bits per heavy atom. The third kappa shape index (κ3) is 2.30. The monoisotopic (exact) mass is 264 g/mol. The van der Waals surface area contributed by atoms with Crippen LogP contribution in [0.2, 0.25) is 0 Å². The van der Waals surface area contributed by atoms with E-state index in [1.807, 2.05) is 24.3 Å². The molecule has 1 unspecified atom stereocenters. The summed E-state index contributed by atoms with van der Waals surface area (Å²) in [5, 5.41) is 0.448. The number of methoxy groups -OCH3 is 1. The standard InChI is InChI=1S/C15H17ClO2/c1-3-4-5-12-13(15(17)14(12)16)10-6-8-11(18-2)9-7-10/h6-9,13H,3-5H2,1-2H3. The number of unbranched alkanes of at least 4 members (excludes halogenated alkanes) is 1. The van der Waals surface area contributed by atoms with Gasteiger partial charge >= 0.3 is 0 Å². The number of halogens is 1. The van der Waals surface area contributed by atoms with Crippen LogP contribution in [0, 0.1) is 0 Å².